The Morgan fingerprint density at radius 2 is 1.65 bits per heavy atom. The van der Waals surface area contributed by atoms with Crippen molar-refractivity contribution in [2.75, 3.05) is 5.73 Å². The minimum atomic E-state index is -0.0200. The normalized spacial score (nSPS) is 11.9. The zero-order chi connectivity index (χ0) is 18.5. The molecule has 0 aliphatic rings. The van der Waals surface area contributed by atoms with Gasteiger partial charge in [0.25, 0.3) is 0 Å². The van der Waals surface area contributed by atoms with E-state index in [-0.39, 0.29) is 11.0 Å². The summed E-state index contributed by atoms with van der Waals surface area (Å²) < 4.78 is 1.96. The largest absolute Gasteiger partial charge is 0.398 e. The van der Waals surface area contributed by atoms with Crippen LogP contribution >= 0.6 is 43.6 Å². The molecule has 0 bridgehead atoms. The Kier molecular flexibility index (Phi) is 6.57. The number of carbonyl (C=O) groups is 1. The van der Waals surface area contributed by atoms with Gasteiger partial charge >= 0.3 is 0 Å². The molecule has 0 amide bonds. The van der Waals surface area contributed by atoms with E-state index in [2.05, 4.69) is 44.0 Å². The maximum atomic E-state index is 12.8. The monoisotopic (exact) mass is 489 g/mol. The van der Waals surface area contributed by atoms with Gasteiger partial charge in [0.15, 0.2) is 5.78 Å². The van der Waals surface area contributed by atoms with Gasteiger partial charge in [0.2, 0.25) is 0 Å². The fourth-order valence-corrected chi connectivity index (χ4v) is 4.46. The molecule has 0 saturated carbocycles. The van der Waals surface area contributed by atoms with E-state index in [0.29, 0.717) is 6.42 Å². The van der Waals surface area contributed by atoms with E-state index in [1.165, 1.54) is 0 Å². The van der Waals surface area contributed by atoms with Crippen LogP contribution in [0.5, 0.6) is 0 Å². The van der Waals surface area contributed by atoms with Crippen LogP contribution in [0, 0.1) is 0 Å². The first kappa shape index (κ1) is 19.2. The van der Waals surface area contributed by atoms with Gasteiger partial charge in [-0.15, -0.1) is 11.8 Å². The van der Waals surface area contributed by atoms with Gasteiger partial charge in [-0.3, -0.25) is 4.79 Å². The van der Waals surface area contributed by atoms with E-state index >= 15 is 0 Å². The summed E-state index contributed by atoms with van der Waals surface area (Å²) in [5.74, 6) is 0.115. The molecule has 1 atom stereocenters. The molecule has 0 spiro atoms. The predicted molar refractivity (Wildman–Crippen MR) is 117 cm³/mol. The molecule has 0 radical (unpaired) electrons. The van der Waals surface area contributed by atoms with Gasteiger partial charge in [0.1, 0.15) is 0 Å². The molecule has 2 nitrogen and oxygen atoms in total. The molecule has 132 valence electrons. The molecule has 2 N–H and O–H groups in total. The minimum Gasteiger partial charge on any atom is -0.398 e. The Bertz CT molecular complexity index is 912. The third-order valence-electron chi connectivity index (χ3n) is 3.95. The SMILES string of the molecule is Nc1ccccc1SC(CC(=O)c1ccc(Br)cc1)c1cccc(Br)c1. The molecule has 0 aliphatic heterocycles. The second kappa shape index (κ2) is 8.89. The first-order valence-corrected chi connectivity index (χ1v) is 10.5. The molecule has 5 heteroatoms. The molecule has 0 aromatic heterocycles. The van der Waals surface area contributed by atoms with Crippen molar-refractivity contribution in [2.45, 2.75) is 16.6 Å². The average molecular weight is 491 g/mol. The van der Waals surface area contributed by atoms with Crippen molar-refractivity contribution >= 4 is 55.1 Å². The maximum absolute atomic E-state index is 12.8. The molecule has 3 aromatic rings. The molecular formula is C21H17Br2NOS. The van der Waals surface area contributed by atoms with Crippen molar-refractivity contribution in [3.63, 3.8) is 0 Å². The smallest absolute Gasteiger partial charge is 0.164 e. The molecule has 0 saturated heterocycles. The lowest BCUT2D eigenvalue weighted by atomic mass is 10.0. The van der Waals surface area contributed by atoms with Crippen LogP contribution < -0.4 is 5.73 Å². The fraction of sp³-hybridized carbons (Fsp3) is 0.0952. The summed E-state index contributed by atoms with van der Waals surface area (Å²) in [6, 6.07) is 23.3. The van der Waals surface area contributed by atoms with E-state index in [9.17, 15) is 4.79 Å². The number of ketones is 1. The van der Waals surface area contributed by atoms with Crippen LogP contribution in [0.15, 0.2) is 86.6 Å². The number of carbonyl (C=O) groups excluding carboxylic acids is 1. The highest BCUT2D eigenvalue weighted by Gasteiger charge is 2.20. The van der Waals surface area contributed by atoms with E-state index in [4.69, 9.17) is 5.73 Å². The van der Waals surface area contributed by atoms with Crippen molar-refractivity contribution in [1.29, 1.82) is 0 Å². The third-order valence-corrected chi connectivity index (χ3v) is 6.32. The predicted octanol–water partition coefficient (Wildman–Crippen LogP) is 6.90. The van der Waals surface area contributed by atoms with Crippen molar-refractivity contribution in [3.05, 3.63) is 92.9 Å². The molecule has 0 fully saturated rings. The number of hydrogen-bond donors (Lipinski definition) is 1. The highest BCUT2D eigenvalue weighted by Crippen LogP contribution is 2.41. The average Bonchev–Trinajstić information content (AvgIpc) is 2.63. The van der Waals surface area contributed by atoms with Crippen LogP contribution in [-0.4, -0.2) is 5.78 Å². The quantitative estimate of drug-likeness (QED) is 0.232. The molecule has 3 aromatic carbocycles. The number of rotatable bonds is 6. The number of nitrogens with two attached hydrogens (primary N) is 1. The van der Waals surface area contributed by atoms with Crippen molar-refractivity contribution < 1.29 is 4.79 Å². The highest BCUT2D eigenvalue weighted by molar-refractivity contribution is 9.10. The number of halogens is 2. The Labute approximate surface area is 174 Å². The summed E-state index contributed by atoms with van der Waals surface area (Å²) in [7, 11) is 0. The van der Waals surface area contributed by atoms with Crippen LogP contribution in [0.2, 0.25) is 0 Å². The van der Waals surface area contributed by atoms with Crippen LogP contribution in [0.1, 0.15) is 27.6 Å². The van der Waals surface area contributed by atoms with E-state index in [1.54, 1.807) is 11.8 Å². The fourth-order valence-electron chi connectivity index (χ4n) is 2.60. The summed E-state index contributed by atoms with van der Waals surface area (Å²) >= 11 is 8.56. The molecule has 1 unspecified atom stereocenters. The number of thioether (sulfide) groups is 1. The maximum Gasteiger partial charge on any atom is 0.164 e. The second-order valence-corrected chi connectivity index (χ2v) is 8.91. The number of hydrogen-bond acceptors (Lipinski definition) is 3. The lowest BCUT2D eigenvalue weighted by Gasteiger charge is -2.18. The van der Waals surface area contributed by atoms with E-state index < -0.39 is 0 Å². The van der Waals surface area contributed by atoms with Gasteiger partial charge in [0, 0.05) is 36.8 Å². The first-order chi connectivity index (χ1) is 12.5. The Morgan fingerprint density at radius 1 is 0.923 bits per heavy atom. The molecule has 3 rings (SSSR count). The Hall–Kier alpha value is -1.56. The topological polar surface area (TPSA) is 43.1 Å². The summed E-state index contributed by atoms with van der Waals surface area (Å²) in [4.78, 5) is 13.8. The van der Waals surface area contributed by atoms with Crippen molar-refractivity contribution in [3.8, 4) is 0 Å². The lowest BCUT2D eigenvalue weighted by Crippen LogP contribution is -2.06. The summed E-state index contributed by atoms with van der Waals surface area (Å²) in [5, 5.41) is -0.0200. The van der Waals surface area contributed by atoms with Gasteiger partial charge in [0.05, 0.1) is 0 Å². The molecule has 26 heavy (non-hydrogen) atoms. The molecular weight excluding hydrogens is 474 g/mol. The number of nitrogen functional groups attached to an aromatic ring is 1. The van der Waals surface area contributed by atoms with E-state index in [0.717, 1.165) is 30.7 Å². The van der Waals surface area contributed by atoms with Crippen LogP contribution in [0.25, 0.3) is 0 Å². The summed E-state index contributed by atoms with van der Waals surface area (Å²) in [5.41, 5.74) is 8.66. The van der Waals surface area contributed by atoms with Crippen molar-refractivity contribution in [1.82, 2.24) is 0 Å². The number of benzene rings is 3. The van der Waals surface area contributed by atoms with Crippen LogP contribution in [-0.2, 0) is 0 Å². The molecule has 0 heterocycles. The second-order valence-electron chi connectivity index (χ2n) is 5.83. The van der Waals surface area contributed by atoms with Gasteiger partial charge in [-0.05, 0) is 42.0 Å². The van der Waals surface area contributed by atoms with E-state index in [1.807, 2.05) is 60.7 Å². The van der Waals surface area contributed by atoms with Crippen molar-refractivity contribution in [2.24, 2.45) is 0 Å². The van der Waals surface area contributed by atoms with Crippen LogP contribution in [0.4, 0.5) is 5.69 Å². The Balaban J connectivity index is 1.88. The third kappa shape index (κ3) is 5.00. The van der Waals surface area contributed by atoms with Gasteiger partial charge in [-0.2, -0.15) is 0 Å². The zero-order valence-corrected chi connectivity index (χ0v) is 17.9. The zero-order valence-electron chi connectivity index (χ0n) is 13.9. The summed E-state index contributed by atoms with van der Waals surface area (Å²) in [6.07, 6.45) is 0.400. The number of para-hydroxylation sites is 1. The van der Waals surface area contributed by atoms with Crippen LogP contribution in [0.3, 0.4) is 0 Å². The number of anilines is 1. The summed E-state index contributed by atoms with van der Waals surface area (Å²) in [6.45, 7) is 0. The minimum absolute atomic E-state index is 0.0200. The first-order valence-electron chi connectivity index (χ1n) is 8.08. The van der Waals surface area contributed by atoms with Gasteiger partial charge in [-0.1, -0.05) is 68.3 Å². The van der Waals surface area contributed by atoms with Gasteiger partial charge < -0.3 is 5.73 Å². The van der Waals surface area contributed by atoms with Gasteiger partial charge in [-0.25, -0.2) is 0 Å². The Morgan fingerprint density at radius 3 is 2.35 bits per heavy atom. The highest BCUT2D eigenvalue weighted by atomic mass is 79.9. The lowest BCUT2D eigenvalue weighted by molar-refractivity contribution is 0.0982. The molecule has 0 aliphatic carbocycles. The number of Topliss-reactive ketones (excluding diaryl/α,β-unsaturated/α-hetero) is 1. The standard InChI is InChI=1S/C21H17Br2NOS/c22-16-10-8-14(9-11-16)19(25)13-21(15-4-3-5-17(23)12-15)26-20-7-2-1-6-18(20)24/h1-12,21H,13,24H2.